The summed E-state index contributed by atoms with van der Waals surface area (Å²) in [5.74, 6) is -0.212. The van der Waals surface area contributed by atoms with Gasteiger partial charge in [-0.25, -0.2) is 14.2 Å². The fraction of sp³-hybridized carbons (Fsp3) is 0.667. The Balaban J connectivity index is 1.74. The van der Waals surface area contributed by atoms with E-state index in [1.807, 2.05) is 30.6 Å². The first-order chi connectivity index (χ1) is 16.6. The number of pyridine rings is 1. The van der Waals surface area contributed by atoms with Crippen LogP contribution >= 0.6 is 11.6 Å². The standard InChI is InChI=1S/C24H33ClFN5O4/c1-6-7-10-34-21-28-18-16(11-27-19(25)17(18)26)20(29-21)30-12-15-8-9-24(13-30,14-33-5)31(15)22(32)35-23(2,3)4/h11,15H,6-10,12-14H2,1-5H3. The van der Waals surface area contributed by atoms with Crippen LogP contribution in [-0.4, -0.2) is 76.5 Å². The van der Waals surface area contributed by atoms with Gasteiger partial charge in [0, 0.05) is 26.4 Å². The van der Waals surface area contributed by atoms with Crippen molar-refractivity contribution in [2.45, 2.75) is 70.6 Å². The first-order valence-electron chi connectivity index (χ1n) is 12.0. The van der Waals surface area contributed by atoms with Crippen LogP contribution < -0.4 is 9.64 Å². The van der Waals surface area contributed by atoms with Crippen molar-refractivity contribution in [2.24, 2.45) is 0 Å². The number of nitrogens with zero attached hydrogens (tertiary/aromatic N) is 5. The van der Waals surface area contributed by atoms with E-state index in [0.717, 1.165) is 25.7 Å². The maximum Gasteiger partial charge on any atom is 0.411 e. The number of unbranched alkanes of at least 4 members (excludes halogenated alkanes) is 1. The highest BCUT2D eigenvalue weighted by atomic mass is 35.5. The minimum absolute atomic E-state index is 0.0595. The molecule has 0 saturated carbocycles. The Morgan fingerprint density at radius 3 is 2.80 bits per heavy atom. The largest absolute Gasteiger partial charge is 0.463 e. The van der Waals surface area contributed by atoms with Gasteiger partial charge in [-0.05, 0) is 40.0 Å². The highest BCUT2D eigenvalue weighted by molar-refractivity contribution is 6.30. The third-order valence-electron chi connectivity index (χ3n) is 6.37. The third kappa shape index (κ3) is 5.09. The first-order valence-corrected chi connectivity index (χ1v) is 12.4. The molecule has 11 heteroatoms. The van der Waals surface area contributed by atoms with Crippen molar-refractivity contribution < 1.29 is 23.4 Å². The van der Waals surface area contributed by atoms with Gasteiger partial charge in [0.2, 0.25) is 0 Å². The van der Waals surface area contributed by atoms with Crippen molar-refractivity contribution in [3.63, 3.8) is 0 Å². The number of hydrogen-bond donors (Lipinski definition) is 0. The zero-order chi connectivity index (χ0) is 25.4. The number of ether oxygens (including phenoxy) is 3. The molecule has 2 fully saturated rings. The van der Waals surface area contributed by atoms with Crippen LogP contribution in [0.5, 0.6) is 6.01 Å². The number of halogens is 2. The fourth-order valence-corrected chi connectivity index (χ4v) is 5.10. The summed E-state index contributed by atoms with van der Waals surface area (Å²) in [6.45, 7) is 9.29. The molecule has 2 aromatic heterocycles. The Morgan fingerprint density at radius 1 is 1.34 bits per heavy atom. The molecule has 2 aliphatic heterocycles. The quantitative estimate of drug-likeness (QED) is 0.395. The molecule has 9 nitrogen and oxygen atoms in total. The maximum atomic E-state index is 15.0. The van der Waals surface area contributed by atoms with Crippen LogP contribution in [0.1, 0.15) is 53.4 Å². The fourth-order valence-electron chi connectivity index (χ4n) is 4.96. The Labute approximate surface area is 209 Å². The molecular weight excluding hydrogens is 477 g/mol. The second-order valence-corrected chi connectivity index (χ2v) is 10.6. The normalized spacial score (nSPS) is 22.1. The highest BCUT2D eigenvalue weighted by Gasteiger charge is 2.55. The minimum atomic E-state index is -0.713. The molecule has 4 rings (SSSR count). The van der Waals surface area contributed by atoms with Gasteiger partial charge in [0.15, 0.2) is 11.0 Å². The average molecular weight is 510 g/mol. The SMILES string of the molecule is CCCCOc1nc(N2CC3CCC(COC)(C2)N3C(=O)OC(C)(C)C)c2cnc(Cl)c(F)c2n1. The van der Waals surface area contributed by atoms with Crippen LogP contribution in [-0.2, 0) is 9.47 Å². The molecule has 192 valence electrons. The van der Waals surface area contributed by atoms with Gasteiger partial charge in [-0.1, -0.05) is 24.9 Å². The lowest BCUT2D eigenvalue weighted by Crippen LogP contribution is -2.66. The smallest absolute Gasteiger partial charge is 0.411 e. The molecule has 0 aliphatic carbocycles. The summed E-state index contributed by atoms with van der Waals surface area (Å²) in [5.41, 5.74) is -1.17. The average Bonchev–Trinajstić information content (AvgIpc) is 3.02. The van der Waals surface area contributed by atoms with E-state index >= 15 is 0 Å². The summed E-state index contributed by atoms with van der Waals surface area (Å²) in [4.78, 5) is 30.0. The van der Waals surface area contributed by atoms with Gasteiger partial charge in [-0.2, -0.15) is 9.97 Å². The number of fused-ring (bicyclic) bond motifs is 3. The van der Waals surface area contributed by atoms with Crippen LogP contribution in [0.4, 0.5) is 15.0 Å². The van der Waals surface area contributed by atoms with Gasteiger partial charge < -0.3 is 19.1 Å². The highest BCUT2D eigenvalue weighted by Crippen LogP contribution is 2.43. The Hall–Kier alpha value is -2.46. The van der Waals surface area contributed by atoms with Gasteiger partial charge >= 0.3 is 12.1 Å². The number of methoxy groups -OCH3 is 1. The van der Waals surface area contributed by atoms with Crippen molar-refractivity contribution in [2.75, 3.05) is 38.3 Å². The van der Waals surface area contributed by atoms with E-state index in [0.29, 0.717) is 37.5 Å². The number of piperazine rings is 1. The lowest BCUT2D eigenvalue weighted by molar-refractivity contribution is -0.0261. The lowest BCUT2D eigenvalue weighted by atomic mass is 9.96. The summed E-state index contributed by atoms with van der Waals surface area (Å²) >= 11 is 5.96. The van der Waals surface area contributed by atoms with Crippen molar-refractivity contribution in [3.8, 4) is 6.01 Å². The Bertz CT molecular complexity index is 1090. The van der Waals surface area contributed by atoms with Crippen LogP contribution in [0.25, 0.3) is 10.9 Å². The molecule has 2 atom stereocenters. The topological polar surface area (TPSA) is 89.9 Å². The Morgan fingerprint density at radius 2 is 2.11 bits per heavy atom. The molecule has 0 radical (unpaired) electrons. The molecule has 4 heterocycles. The van der Waals surface area contributed by atoms with Crippen molar-refractivity contribution in [1.29, 1.82) is 0 Å². The first kappa shape index (κ1) is 25.6. The Kier molecular flexibility index (Phi) is 7.24. The molecule has 2 unspecified atom stereocenters. The minimum Gasteiger partial charge on any atom is -0.463 e. The predicted molar refractivity (Wildman–Crippen MR) is 131 cm³/mol. The number of carbonyl (C=O) groups excluding carboxylic acids is 1. The summed E-state index contributed by atoms with van der Waals surface area (Å²) in [5, 5.41) is 0.180. The second-order valence-electron chi connectivity index (χ2n) is 10.2. The van der Waals surface area contributed by atoms with Crippen LogP contribution in [0, 0.1) is 5.82 Å². The number of hydrogen-bond acceptors (Lipinski definition) is 8. The van der Waals surface area contributed by atoms with E-state index in [1.165, 1.54) is 6.20 Å². The van der Waals surface area contributed by atoms with Crippen LogP contribution in [0.3, 0.4) is 0 Å². The monoisotopic (exact) mass is 509 g/mol. The third-order valence-corrected chi connectivity index (χ3v) is 6.63. The van der Waals surface area contributed by atoms with E-state index in [-0.39, 0.29) is 28.8 Å². The number of anilines is 1. The number of carbonyl (C=O) groups is 1. The molecular formula is C24H33ClFN5O4. The van der Waals surface area contributed by atoms with E-state index in [1.54, 1.807) is 7.11 Å². The zero-order valence-electron chi connectivity index (χ0n) is 20.9. The lowest BCUT2D eigenvalue weighted by Gasteiger charge is -2.49. The molecule has 2 saturated heterocycles. The molecule has 2 bridgehead atoms. The van der Waals surface area contributed by atoms with Crippen molar-refractivity contribution in [1.82, 2.24) is 19.9 Å². The summed E-state index contributed by atoms with van der Waals surface area (Å²) < 4.78 is 32.0. The summed E-state index contributed by atoms with van der Waals surface area (Å²) in [7, 11) is 1.62. The summed E-state index contributed by atoms with van der Waals surface area (Å²) in [6.07, 6.45) is 4.44. The molecule has 0 aromatic carbocycles. The van der Waals surface area contributed by atoms with Gasteiger partial charge in [-0.15, -0.1) is 0 Å². The zero-order valence-corrected chi connectivity index (χ0v) is 21.7. The molecule has 2 aliphatic rings. The maximum absolute atomic E-state index is 15.0. The van der Waals surface area contributed by atoms with E-state index in [9.17, 15) is 9.18 Å². The number of rotatable bonds is 7. The number of aromatic nitrogens is 3. The van der Waals surface area contributed by atoms with E-state index in [4.69, 9.17) is 25.8 Å². The molecule has 0 N–H and O–H groups in total. The van der Waals surface area contributed by atoms with Gasteiger partial charge in [0.25, 0.3) is 0 Å². The molecule has 2 aromatic rings. The van der Waals surface area contributed by atoms with Gasteiger partial charge in [0.1, 0.15) is 16.9 Å². The molecule has 0 spiro atoms. The molecule has 35 heavy (non-hydrogen) atoms. The van der Waals surface area contributed by atoms with Gasteiger partial charge in [-0.3, -0.25) is 4.90 Å². The van der Waals surface area contributed by atoms with Crippen LogP contribution in [0.15, 0.2) is 6.20 Å². The van der Waals surface area contributed by atoms with E-state index < -0.39 is 17.0 Å². The van der Waals surface area contributed by atoms with Crippen molar-refractivity contribution in [3.05, 3.63) is 17.2 Å². The van der Waals surface area contributed by atoms with Gasteiger partial charge in [0.05, 0.1) is 30.2 Å². The predicted octanol–water partition coefficient (Wildman–Crippen LogP) is 4.60. The van der Waals surface area contributed by atoms with Crippen molar-refractivity contribution >= 4 is 34.4 Å². The second kappa shape index (κ2) is 9.89. The number of amides is 1. The summed E-state index contributed by atoms with van der Waals surface area (Å²) in [6, 6.07) is -0.0295. The van der Waals surface area contributed by atoms with Crippen LogP contribution in [0.2, 0.25) is 5.15 Å². The van der Waals surface area contributed by atoms with E-state index in [2.05, 4.69) is 21.9 Å². The molecule has 1 amide bonds.